The molecule has 1 saturated carbocycles. The Morgan fingerprint density at radius 2 is 1.77 bits per heavy atom. The van der Waals surface area contributed by atoms with Gasteiger partial charge in [0.2, 0.25) is 0 Å². The summed E-state index contributed by atoms with van der Waals surface area (Å²) in [6, 6.07) is 4.15. The van der Waals surface area contributed by atoms with E-state index in [9.17, 15) is 13.2 Å². The normalized spacial score (nSPS) is 26.0. The van der Waals surface area contributed by atoms with E-state index in [0.717, 1.165) is 62.9 Å². The van der Waals surface area contributed by atoms with E-state index in [-0.39, 0.29) is 5.56 Å². The number of nitrogens with zero attached hydrogens (tertiary/aromatic N) is 6. The molecule has 3 aliphatic rings. The molecule has 1 saturated heterocycles. The highest BCUT2D eigenvalue weighted by Gasteiger charge is 2.43. The maximum absolute atomic E-state index is 14.7. The van der Waals surface area contributed by atoms with Crippen molar-refractivity contribution >= 4 is 17.4 Å². The van der Waals surface area contributed by atoms with Crippen LogP contribution in [0.25, 0.3) is 0 Å². The molecular formula is C25H26ClF3N6. The Labute approximate surface area is 206 Å². The standard InChI is InChI=1S/C25H26ClF3N6/c26-20-10-22(31-13-30-20)34-11-14-4-5-15(12-34)18(14)9-21-32-25-17(3-1-2-8-35(25)33-21)16-6-7-19(27)24(29)23(16)28/h6-7,10,13-15,17-18H,1-5,8-9,11-12H2/t14-,15+,17-,18?/m0/s1. The summed E-state index contributed by atoms with van der Waals surface area (Å²) in [6.07, 6.45) is 6.94. The molecule has 6 rings (SSSR count). The molecule has 0 N–H and O–H groups in total. The van der Waals surface area contributed by atoms with Crippen molar-refractivity contribution in [3.8, 4) is 0 Å². The third kappa shape index (κ3) is 4.17. The van der Waals surface area contributed by atoms with Crippen LogP contribution in [0, 0.1) is 35.2 Å². The van der Waals surface area contributed by atoms with Crippen LogP contribution in [0.3, 0.4) is 0 Å². The van der Waals surface area contributed by atoms with E-state index in [0.29, 0.717) is 41.7 Å². The summed E-state index contributed by atoms with van der Waals surface area (Å²) in [4.78, 5) is 15.5. The van der Waals surface area contributed by atoms with Crippen molar-refractivity contribution in [2.24, 2.45) is 17.8 Å². The molecule has 6 nitrogen and oxygen atoms in total. The van der Waals surface area contributed by atoms with Crippen LogP contribution < -0.4 is 4.90 Å². The van der Waals surface area contributed by atoms with Crippen molar-refractivity contribution in [3.63, 3.8) is 0 Å². The van der Waals surface area contributed by atoms with Crippen molar-refractivity contribution in [1.82, 2.24) is 24.7 Å². The SMILES string of the molecule is Fc1ccc([C@@H]2CCCCn3nc(CC4[C@@H]5CC[C@H]4CN(c4cc(Cl)ncn4)C5)nc32)c(F)c1F. The van der Waals surface area contributed by atoms with Gasteiger partial charge in [-0.05, 0) is 49.5 Å². The van der Waals surface area contributed by atoms with E-state index in [1.807, 2.05) is 10.7 Å². The lowest BCUT2D eigenvalue weighted by Crippen LogP contribution is -2.43. The van der Waals surface area contributed by atoms with Crippen LogP contribution in [0.5, 0.6) is 0 Å². The molecule has 1 aliphatic carbocycles. The molecule has 1 aromatic carbocycles. The molecule has 35 heavy (non-hydrogen) atoms. The van der Waals surface area contributed by atoms with Crippen LogP contribution >= 0.6 is 11.6 Å². The lowest BCUT2D eigenvalue weighted by atomic mass is 9.82. The fourth-order valence-corrected chi connectivity index (χ4v) is 6.46. The van der Waals surface area contributed by atoms with E-state index >= 15 is 0 Å². The molecule has 2 bridgehead atoms. The summed E-state index contributed by atoms with van der Waals surface area (Å²) in [5, 5.41) is 5.24. The zero-order valence-electron chi connectivity index (χ0n) is 19.2. The van der Waals surface area contributed by atoms with Crippen LogP contribution in [-0.2, 0) is 13.0 Å². The molecule has 0 amide bonds. The van der Waals surface area contributed by atoms with Gasteiger partial charge >= 0.3 is 0 Å². The topological polar surface area (TPSA) is 59.7 Å². The largest absolute Gasteiger partial charge is 0.356 e. The molecule has 2 aliphatic heterocycles. The van der Waals surface area contributed by atoms with Crippen LogP contribution in [0.15, 0.2) is 24.5 Å². The predicted molar refractivity (Wildman–Crippen MR) is 125 cm³/mol. The Morgan fingerprint density at radius 3 is 2.54 bits per heavy atom. The first-order valence-corrected chi connectivity index (χ1v) is 12.6. The maximum Gasteiger partial charge on any atom is 0.194 e. The first kappa shape index (κ1) is 22.8. The number of hydrogen-bond donors (Lipinski definition) is 0. The van der Waals surface area contributed by atoms with Gasteiger partial charge in [-0.15, -0.1) is 0 Å². The lowest BCUT2D eigenvalue weighted by Gasteiger charge is -2.38. The van der Waals surface area contributed by atoms with Crippen molar-refractivity contribution in [2.45, 2.75) is 51.0 Å². The van der Waals surface area contributed by atoms with Gasteiger partial charge in [-0.3, -0.25) is 0 Å². The average molecular weight is 503 g/mol. The first-order chi connectivity index (χ1) is 17.0. The number of fused-ring (bicyclic) bond motifs is 3. The molecule has 0 spiro atoms. The summed E-state index contributed by atoms with van der Waals surface area (Å²) < 4.78 is 44.1. The van der Waals surface area contributed by atoms with Gasteiger partial charge < -0.3 is 4.90 Å². The quantitative estimate of drug-likeness (QED) is 0.364. The van der Waals surface area contributed by atoms with E-state index in [2.05, 4.69) is 14.9 Å². The Morgan fingerprint density at radius 1 is 0.971 bits per heavy atom. The smallest absolute Gasteiger partial charge is 0.194 e. The number of piperidine rings is 1. The number of halogens is 4. The van der Waals surface area contributed by atoms with Gasteiger partial charge in [0.25, 0.3) is 0 Å². The van der Waals surface area contributed by atoms with Crippen molar-refractivity contribution < 1.29 is 13.2 Å². The zero-order valence-corrected chi connectivity index (χ0v) is 19.9. The first-order valence-electron chi connectivity index (χ1n) is 12.3. The number of benzene rings is 1. The fourth-order valence-electron chi connectivity index (χ4n) is 6.32. The second-order valence-electron chi connectivity index (χ2n) is 9.99. The van der Waals surface area contributed by atoms with E-state index in [1.54, 1.807) is 0 Å². The van der Waals surface area contributed by atoms with Gasteiger partial charge in [0.15, 0.2) is 23.3 Å². The van der Waals surface area contributed by atoms with Gasteiger partial charge in [-0.1, -0.05) is 24.1 Å². The minimum atomic E-state index is -1.42. The van der Waals surface area contributed by atoms with Gasteiger partial charge in [-0.25, -0.2) is 32.8 Å². The van der Waals surface area contributed by atoms with Crippen LogP contribution in [0.2, 0.25) is 5.15 Å². The second-order valence-corrected chi connectivity index (χ2v) is 10.4. The molecule has 0 radical (unpaired) electrons. The molecule has 2 aromatic heterocycles. The monoisotopic (exact) mass is 502 g/mol. The van der Waals surface area contributed by atoms with Crippen molar-refractivity contribution in [2.75, 3.05) is 18.0 Å². The summed E-state index contributed by atoms with van der Waals surface area (Å²) in [5.74, 6) is -0.400. The van der Waals surface area contributed by atoms with E-state index in [1.165, 1.54) is 12.4 Å². The molecule has 4 atom stereocenters. The summed E-state index contributed by atoms with van der Waals surface area (Å²) >= 11 is 6.07. The predicted octanol–water partition coefficient (Wildman–Crippen LogP) is 5.16. The number of aryl methyl sites for hydroxylation is 1. The summed E-state index contributed by atoms with van der Waals surface area (Å²) in [7, 11) is 0. The maximum atomic E-state index is 14.7. The summed E-state index contributed by atoms with van der Waals surface area (Å²) in [6.45, 7) is 2.51. The fraction of sp³-hybridized carbons (Fsp3) is 0.520. The van der Waals surface area contributed by atoms with Gasteiger partial charge in [0.1, 0.15) is 23.1 Å². The highest BCUT2D eigenvalue weighted by Crippen LogP contribution is 2.44. The Bertz CT molecular complexity index is 1240. The number of anilines is 1. The molecule has 184 valence electrons. The molecule has 10 heteroatoms. The van der Waals surface area contributed by atoms with Crippen LogP contribution in [-0.4, -0.2) is 37.8 Å². The lowest BCUT2D eigenvalue weighted by molar-refractivity contribution is 0.264. The highest BCUT2D eigenvalue weighted by atomic mass is 35.5. The Kier molecular flexibility index (Phi) is 5.90. The number of hydrogen-bond acceptors (Lipinski definition) is 5. The van der Waals surface area contributed by atoms with Crippen LogP contribution in [0.1, 0.15) is 55.2 Å². The van der Waals surface area contributed by atoms with Crippen molar-refractivity contribution in [1.29, 1.82) is 0 Å². The third-order valence-electron chi connectivity index (χ3n) is 8.00. The molecule has 4 heterocycles. The minimum Gasteiger partial charge on any atom is -0.356 e. The number of aromatic nitrogens is 5. The minimum absolute atomic E-state index is 0.155. The summed E-state index contributed by atoms with van der Waals surface area (Å²) in [5.41, 5.74) is 0.155. The van der Waals surface area contributed by atoms with Crippen LogP contribution in [0.4, 0.5) is 19.0 Å². The Balaban J connectivity index is 1.24. The zero-order chi connectivity index (χ0) is 24.1. The Hall–Kier alpha value is -2.68. The molecular weight excluding hydrogens is 477 g/mol. The van der Waals surface area contributed by atoms with Gasteiger partial charge in [0, 0.05) is 43.6 Å². The average Bonchev–Trinajstić information content (AvgIpc) is 3.25. The second kappa shape index (κ2) is 9.08. The van der Waals surface area contributed by atoms with Gasteiger partial charge in [0.05, 0.1) is 0 Å². The van der Waals surface area contributed by atoms with E-state index < -0.39 is 23.4 Å². The number of rotatable bonds is 4. The van der Waals surface area contributed by atoms with Gasteiger partial charge in [-0.2, -0.15) is 5.10 Å². The highest BCUT2D eigenvalue weighted by molar-refractivity contribution is 6.29. The molecule has 3 aromatic rings. The molecule has 1 unspecified atom stereocenters. The molecule has 2 fully saturated rings. The van der Waals surface area contributed by atoms with E-state index in [4.69, 9.17) is 21.7 Å². The third-order valence-corrected chi connectivity index (χ3v) is 8.21. The van der Waals surface area contributed by atoms with Crippen molar-refractivity contribution in [3.05, 3.63) is 64.3 Å².